The van der Waals surface area contributed by atoms with E-state index < -0.39 is 18.6 Å². The van der Waals surface area contributed by atoms with Crippen LogP contribution in [0.2, 0.25) is 0 Å². The zero-order valence-corrected chi connectivity index (χ0v) is 11.6. The smallest absolute Gasteiger partial charge is 0.324 e. The number of nitrogens with two attached hydrogens (primary N) is 1. The van der Waals surface area contributed by atoms with Gasteiger partial charge >= 0.3 is 6.18 Å². The highest BCUT2D eigenvalue weighted by Gasteiger charge is 2.28. The van der Waals surface area contributed by atoms with E-state index in [0.717, 1.165) is 20.8 Å². The van der Waals surface area contributed by atoms with Crippen LogP contribution in [0.5, 0.6) is 0 Å². The predicted octanol–water partition coefficient (Wildman–Crippen LogP) is 4.94. The third-order valence-corrected chi connectivity index (χ3v) is 3.73. The van der Waals surface area contributed by atoms with Crippen LogP contribution in [-0.4, -0.2) is 6.18 Å². The van der Waals surface area contributed by atoms with E-state index in [1.165, 1.54) is 0 Å². The molecule has 2 aromatic rings. The van der Waals surface area contributed by atoms with Crippen LogP contribution in [0, 0.1) is 0 Å². The summed E-state index contributed by atoms with van der Waals surface area (Å²) in [4.78, 5) is 0. The molecule has 0 radical (unpaired) electrons. The van der Waals surface area contributed by atoms with E-state index in [2.05, 4.69) is 15.9 Å². The molecule has 0 spiro atoms. The SMILES string of the molecule is NC(CCC(F)(F)F)c1ccc(Br)c2ccccc12. The lowest BCUT2D eigenvalue weighted by Crippen LogP contribution is -2.16. The van der Waals surface area contributed by atoms with E-state index >= 15 is 0 Å². The Morgan fingerprint density at radius 2 is 1.68 bits per heavy atom. The Kier molecular flexibility index (Phi) is 4.16. The van der Waals surface area contributed by atoms with E-state index in [1.807, 2.05) is 30.3 Å². The summed E-state index contributed by atoms with van der Waals surface area (Å²) in [5.41, 5.74) is 6.66. The molecule has 19 heavy (non-hydrogen) atoms. The van der Waals surface area contributed by atoms with Gasteiger partial charge in [-0.2, -0.15) is 13.2 Å². The van der Waals surface area contributed by atoms with E-state index in [9.17, 15) is 13.2 Å². The maximum absolute atomic E-state index is 12.2. The Hall–Kier alpha value is -1.07. The maximum Gasteiger partial charge on any atom is 0.389 e. The number of hydrogen-bond donors (Lipinski definition) is 1. The molecule has 0 aliphatic heterocycles. The molecule has 0 aliphatic rings. The summed E-state index contributed by atoms with van der Waals surface area (Å²) in [6.45, 7) is 0. The molecule has 2 aromatic carbocycles. The van der Waals surface area contributed by atoms with Crippen molar-refractivity contribution in [2.24, 2.45) is 5.73 Å². The summed E-state index contributed by atoms with van der Waals surface area (Å²) < 4.78 is 37.7. The minimum Gasteiger partial charge on any atom is -0.324 e. The zero-order chi connectivity index (χ0) is 14.0. The van der Waals surface area contributed by atoms with Gasteiger partial charge in [0, 0.05) is 16.9 Å². The first-order valence-corrected chi connectivity index (χ1v) is 6.67. The van der Waals surface area contributed by atoms with E-state index in [-0.39, 0.29) is 6.42 Å². The first-order valence-electron chi connectivity index (χ1n) is 5.88. The molecule has 2 N–H and O–H groups in total. The molecule has 102 valence electrons. The molecule has 1 nitrogen and oxygen atoms in total. The standard InChI is InChI=1S/C14H13BrF3N/c15-12-6-5-11(9-3-1-2-4-10(9)12)13(19)7-8-14(16,17)18/h1-6,13H,7-8,19H2. The minimum atomic E-state index is -4.16. The second kappa shape index (κ2) is 5.51. The van der Waals surface area contributed by atoms with Gasteiger partial charge in [-0.15, -0.1) is 0 Å². The molecular formula is C14H13BrF3N. The summed E-state index contributed by atoms with van der Waals surface area (Å²) >= 11 is 3.43. The summed E-state index contributed by atoms with van der Waals surface area (Å²) in [6, 6.07) is 10.5. The fourth-order valence-corrected chi connectivity index (χ4v) is 2.56. The summed E-state index contributed by atoms with van der Waals surface area (Å²) in [5.74, 6) is 0. The fourth-order valence-electron chi connectivity index (χ4n) is 2.08. The monoisotopic (exact) mass is 331 g/mol. The molecular weight excluding hydrogens is 319 g/mol. The number of hydrogen-bond acceptors (Lipinski definition) is 1. The van der Waals surface area contributed by atoms with Crippen molar-refractivity contribution in [1.29, 1.82) is 0 Å². The van der Waals surface area contributed by atoms with Crippen LogP contribution >= 0.6 is 15.9 Å². The van der Waals surface area contributed by atoms with E-state index in [4.69, 9.17) is 5.73 Å². The van der Waals surface area contributed by atoms with Crippen molar-refractivity contribution >= 4 is 26.7 Å². The lowest BCUT2D eigenvalue weighted by atomic mass is 9.96. The Balaban J connectivity index is 2.32. The lowest BCUT2D eigenvalue weighted by molar-refractivity contribution is -0.136. The molecule has 1 atom stereocenters. The van der Waals surface area contributed by atoms with Crippen LogP contribution in [-0.2, 0) is 0 Å². The normalized spacial score (nSPS) is 13.7. The summed E-state index contributed by atoms with van der Waals surface area (Å²) in [7, 11) is 0. The molecule has 0 amide bonds. The topological polar surface area (TPSA) is 26.0 Å². The molecule has 0 bridgehead atoms. The number of benzene rings is 2. The van der Waals surface area contributed by atoms with Crippen LogP contribution in [0.15, 0.2) is 40.9 Å². The van der Waals surface area contributed by atoms with Crippen molar-refractivity contribution in [3.05, 3.63) is 46.4 Å². The van der Waals surface area contributed by atoms with Gasteiger partial charge in [0.15, 0.2) is 0 Å². The molecule has 0 saturated heterocycles. The zero-order valence-electron chi connectivity index (χ0n) is 10.0. The Morgan fingerprint density at radius 3 is 2.32 bits per heavy atom. The van der Waals surface area contributed by atoms with E-state index in [1.54, 1.807) is 6.07 Å². The highest BCUT2D eigenvalue weighted by atomic mass is 79.9. The van der Waals surface area contributed by atoms with Crippen molar-refractivity contribution < 1.29 is 13.2 Å². The van der Waals surface area contributed by atoms with E-state index in [0.29, 0.717) is 0 Å². The summed E-state index contributed by atoms with van der Waals surface area (Å²) in [5, 5.41) is 1.86. The summed E-state index contributed by atoms with van der Waals surface area (Å²) in [6.07, 6.45) is -5.13. The van der Waals surface area contributed by atoms with Crippen molar-refractivity contribution in [2.75, 3.05) is 0 Å². The van der Waals surface area contributed by atoms with Crippen molar-refractivity contribution in [2.45, 2.75) is 25.1 Å². The first kappa shape index (κ1) is 14.3. The third kappa shape index (κ3) is 3.48. The van der Waals surface area contributed by atoms with Gasteiger partial charge in [0.2, 0.25) is 0 Å². The fraction of sp³-hybridized carbons (Fsp3) is 0.286. The molecule has 0 aromatic heterocycles. The van der Waals surface area contributed by atoms with Gasteiger partial charge in [0.25, 0.3) is 0 Å². The van der Waals surface area contributed by atoms with Gasteiger partial charge in [-0.05, 0) is 28.8 Å². The number of alkyl halides is 3. The Bertz CT molecular complexity index is 580. The number of rotatable bonds is 3. The van der Waals surface area contributed by atoms with Crippen LogP contribution in [0.1, 0.15) is 24.4 Å². The minimum absolute atomic E-state index is 0.102. The van der Waals surface area contributed by atoms with Gasteiger partial charge in [-0.25, -0.2) is 0 Å². The van der Waals surface area contributed by atoms with Crippen molar-refractivity contribution in [3.8, 4) is 0 Å². The van der Waals surface area contributed by atoms with Crippen LogP contribution in [0.4, 0.5) is 13.2 Å². The quantitative estimate of drug-likeness (QED) is 0.846. The van der Waals surface area contributed by atoms with Gasteiger partial charge in [0.05, 0.1) is 0 Å². The molecule has 0 heterocycles. The average Bonchev–Trinajstić information content (AvgIpc) is 2.36. The molecule has 0 fully saturated rings. The predicted molar refractivity (Wildman–Crippen MR) is 73.9 cm³/mol. The second-order valence-corrected chi connectivity index (χ2v) is 5.30. The second-order valence-electron chi connectivity index (χ2n) is 4.44. The highest BCUT2D eigenvalue weighted by Crippen LogP contribution is 2.32. The van der Waals surface area contributed by atoms with Gasteiger partial charge in [-0.1, -0.05) is 46.3 Å². The van der Waals surface area contributed by atoms with Crippen molar-refractivity contribution in [1.82, 2.24) is 0 Å². The molecule has 5 heteroatoms. The highest BCUT2D eigenvalue weighted by molar-refractivity contribution is 9.10. The third-order valence-electron chi connectivity index (χ3n) is 3.04. The Labute approximate surface area is 117 Å². The molecule has 2 rings (SSSR count). The number of halogens is 4. The molecule has 1 unspecified atom stereocenters. The average molecular weight is 332 g/mol. The maximum atomic E-state index is 12.2. The number of fused-ring (bicyclic) bond motifs is 1. The molecule has 0 aliphatic carbocycles. The Morgan fingerprint density at radius 1 is 1.05 bits per heavy atom. The molecule has 0 saturated carbocycles. The van der Waals surface area contributed by atoms with Gasteiger partial charge in [0.1, 0.15) is 0 Å². The van der Waals surface area contributed by atoms with Crippen LogP contribution in [0.25, 0.3) is 10.8 Å². The van der Waals surface area contributed by atoms with Crippen LogP contribution in [0.3, 0.4) is 0 Å². The largest absolute Gasteiger partial charge is 0.389 e. The first-order chi connectivity index (χ1) is 8.88. The lowest BCUT2D eigenvalue weighted by Gasteiger charge is -2.16. The van der Waals surface area contributed by atoms with Gasteiger partial charge in [-0.3, -0.25) is 0 Å². The van der Waals surface area contributed by atoms with Crippen molar-refractivity contribution in [3.63, 3.8) is 0 Å². The van der Waals surface area contributed by atoms with Gasteiger partial charge < -0.3 is 5.73 Å². The van der Waals surface area contributed by atoms with Crippen LogP contribution < -0.4 is 5.73 Å².